The highest BCUT2D eigenvalue weighted by Crippen LogP contribution is 2.28. The van der Waals surface area contributed by atoms with Crippen LogP contribution in [0, 0.1) is 0 Å². The Morgan fingerprint density at radius 3 is 2.64 bits per heavy atom. The molecule has 5 nitrogen and oxygen atoms in total. The van der Waals surface area contributed by atoms with Gasteiger partial charge in [-0.15, -0.1) is 12.4 Å². The van der Waals surface area contributed by atoms with Crippen LogP contribution in [0.5, 0.6) is 5.75 Å². The van der Waals surface area contributed by atoms with Gasteiger partial charge in [0.05, 0.1) is 36.0 Å². The molecule has 1 aromatic carbocycles. The van der Waals surface area contributed by atoms with Crippen LogP contribution < -0.4 is 15.8 Å². The van der Waals surface area contributed by atoms with Gasteiger partial charge in [-0.2, -0.15) is 0 Å². The van der Waals surface area contributed by atoms with Gasteiger partial charge in [-0.25, -0.2) is 0 Å². The first-order chi connectivity index (χ1) is 10.0. The summed E-state index contributed by atoms with van der Waals surface area (Å²) in [5, 5.41) is 3.28. The van der Waals surface area contributed by atoms with Crippen molar-refractivity contribution in [3.05, 3.63) is 22.7 Å². The lowest BCUT2D eigenvalue weighted by Gasteiger charge is -2.19. The second-order valence-electron chi connectivity index (χ2n) is 4.84. The Kier molecular flexibility index (Phi) is 9.98. The van der Waals surface area contributed by atoms with Crippen molar-refractivity contribution >= 4 is 35.6 Å². The predicted octanol–water partition coefficient (Wildman–Crippen LogP) is 3.29. The molecule has 0 spiro atoms. The summed E-state index contributed by atoms with van der Waals surface area (Å²) in [7, 11) is 3.11. The Labute approximate surface area is 142 Å². The maximum absolute atomic E-state index is 12.4. The molecule has 1 rings (SSSR count). The first-order valence-electron chi connectivity index (χ1n) is 6.96. The topological polar surface area (TPSA) is 73.6 Å². The largest absolute Gasteiger partial charge is 0.496 e. The average molecular weight is 351 g/mol. The smallest absolute Gasteiger partial charge is 0.255 e. The zero-order valence-corrected chi connectivity index (χ0v) is 14.7. The average Bonchev–Trinajstić information content (AvgIpc) is 2.47. The summed E-state index contributed by atoms with van der Waals surface area (Å²) in [6, 6.07) is 3.03. The molecule has 1 atom stereocenters. The Morgan fingerprint density at radius 2 is 2.09 bits per heavy atom. The van der Waals surface area contributed by atoms with Gasteiger partial charge in [0, 0.05) is 13.2 Å². The lowest BCUT2D eigenvalue weighted by Crippen LogP contribution is -2.38. The molecular weight excluding hydrogens is 327 g/mol. The molecule has 0 aliphatic heterocycles. The number of hydrogen-bond donors (Lipinski definition) is 2. The van der Waals surface area contributed by atoms with Crippen molar-refractivity contribution in [2.45, 2.75) is 32.2 Å². The number of carbonyl (C=O) groups is 1. The van der Waals surface area contributed by atoms with Crippen LogP contribution in [0.1, 0.15) is 36.5 Å². The van der Waals surface area contributed by atoms with E-state index in [9.17, 15) is 4.79 Å². The number of nitrogens with one attached hydrogen (secondary N) is 1. The zero-order chi connectivity index (χ0) is 15.8. The quantitative estimate of drug-likeness (QED) is 0.705. The number of ether oxygens (including phenoxy) is 2. The van der Waals surface area contributed by atoms with E-state index in [0.29, 0.717) is 28.6 Å². The third-order valence-corrected chi connectivity index (χ3v) is 3.50. The third kappa shape index (κ3) is 5.91. The van der Waals surface area contributed by atoms with Gasteiger partial charge in [0.15, 0.2) is 0 Å². The molecule has 22 heavy (non-hydrogen) atoms. The van der Waals surface area contributed by atoms with Gasteiger partial charge in [-0.05, 0) is 12.5 Å². The minimum atomic E-state index is -0.244. The van der Waals surface area contributed by atoms with Crippen molar-refractivity contribution in [3.63, 3.8) is 0 Å². The van der Waals surface area contributed by atoms with E-state index in [1.165, 1.54) is 13.2 Å². The first-order valence-corrected chi connectivity index (χ1v) is 7.34. The summed E-state index contributed by atoms with van der Waals surface area (Å²) in [6.45, 7) is 2.57. The number of halogens is 2. The van der Waals surface area contributed by atoms with Crippen molar-refractivity contribution in [2.24, 2.45) is 0 Å². The molecule has 0 saturated heterocycles. The van der Waals surface area contributed by atoms with Gasteiger partial charge in [0.2, 0.25) is 0 Å². The van der Waals surface area contributed by atoms with Crippen molar-refractivity contribution in [1.29, 1.82) is 0 Å². The third-order valence-electron chi connectivity index (χ3n) is 3.17. The van der Waals surface area contributed by atoms with Gasteiger partial charge in [0.25, 0.3) is 5.91 Å². The van der Waals surface area contributed by atoms with E-state index in [1.807, 2.05) is 0 Å². The molecule has 1 amide bonds. The molecule has 1 aromatic rings. The molecule has 3 N–H and O–H groups in total. The number of anilines is 1. The number of carbonyl (C=O) groups excluding carboxylic acids is 1. The van der Waals surface area contributed by atoms with Crippen LogP contribution in [-0.4, -0.2) is 32.8 Å². The Morgan fingerprint density at radius 1 is 1.41 bits per heavy atom. The van der Waals surface area contributed by atoms with Crippen molar-refractivity contribution in [1.82, 2.24) is 5.32 Å². The fourth-order valence-corrected chi connectivity index (χ4v) is 2.19. The van der Waals surface area contributed by atoms with Crippen LogP contribution in [-0.2, 0) is 4.74 Å². The summed E-state index contributed by atoms with van der Waals surface area (Å²) in [6.07, 6.45) is 2.95. The number of unbranched alkanes of at least 4 members (excludes halogenated alkanes) is 1. The Bertz CT molecular complexity index is 484. The fourth-order valence-electron chi connectivity index (χ4n) is 2.03. The van der Waals surface area contributed by atoms with Gasteiger partial charge in [-0.1, -0.05) is 31.4 Å². The number of methoxy groups -OCH3 is 2. The van der Waals surface area contributed by atoms with E-state index in [4.69, 9.17) is 26.8 Å². The van der Waals surface area contributed by atoms with E-state index in [2.05, 4.69) is 12.2 Å². The number of benzene rings is 1. The number of rotatable bonds is 8. The van der Waals surface area contributed by atoms with Crippen LogP contribution in [0.15, 0.2) is 12.1 Å². The molecule has 0 bridgehead atoms. The van der Waals surface area contributed by atoms with Crippen LogP contribution >= 0.6 is 24.0 Å². The highest BCUT2D eigenvalue weighted by atomic mass is 35.5. The minimum absolute atomic E-state index is 0. The van der Waals surface area contributed by atoms with Crippen LogP contribution in [0.4, 0.5) is 5.69 Å². The van der Waals surface area contributed by atoms with Gasteiger partial charge < -0.3 is 20.5 Å². The summed E-state index contributed by atoms with van der Waals surface area (Å²) < 4.78 is 10.3. The van der Waals surface area contributed by atoms with Crippen molar-refractivity contribution in [2.75, 3.05) is 26.6 Å². The second-order valence-corrected chi connectivity index (χ2v) is 5.25. The zero-order valence-electron chi connectivity index (χ0n) is 13.1. The molecule has 0 aliphatic rings. The molecule has 0 radical (unpaired) electrons. The lowest BCUT2D eigenvalue weighted by molar-refractivity contribution is 0.0887. The number of hydrogen-bond acceptors (Lipinski definition) is 4. The normalized spacial score (nSPS) is 11.5. The Hall–Kier alpha value is -1.17. The molecule has 7 heteroatoms. The molecular formula is C15H24Cl2N2O3. The van der Waals surface area contributed by atoms with E-state index in [-0.39, 0.29) is 24.4 Å². The molecule has 0 heterocycles. The van der Waals surface area contributed by atoms with E-state index < -0.39 is 0 Å². The predicted molar refractivity (Wildman–Crippen MR) is 92.3 cm³/mol. The summed E-state index contributed by atoms with van der Waals surface area (Å²) >= 11 is 5.98. The van der Waals surface area contributed by atoms with Gasteiger partial charge in [0.1, 0.15) is 5.75 Å². The standard InChI is InChI=1S/C15H23ClN2O3.ClH/c1-4-5-6-10(9-20-2)18-15(19)11-7-12(16)13(17)8-14(11)21-3;/h7-8,10H,4-6,9,17H2,1-3H3,(H,18,19);1H. The van der Waals surface area contributed by atoms with Crippen LogP contribution in [0.2, 0.25) is 5.02 Å². The van der Waals surface area contributed by atoms with E-state index >= 15 is 0 Å². The number of amides is 1. The van der Waals surface area contributed by atoms with E-state index in [1.54, 1.807) is 13.2 Å². The summed E-state index contributed by atoms with van der Waals surface area (Å²) in [5.74, 6) is 0.160. The number of nitrogens with two attached hydrogens (primary N) is 1. The van der Waals surface area contributed by atoms with E-state index in [0.717, 1.165) is 19.3 Å². The monoisotopic (exact) mass is 350 g/mol. The summed E-state index contributed by atoms with van der Waals surface area (Å²) in [4.78, 5) is 12.4. The van der Waals surface area contributed by atoms with Gasteiger partial charge in [-0.3, -0.25) is 4.79 Å². The second kappa shape index (κ2) is 10.5. The maximum atomic E-state index is 12.4. The maximum Gasteiger partial charge on any atom is 0.255 e. The Balaban J connectivity index is 0.00000441. The highest BCUT2D eigenvalue weighted by molar-refractivity contribution is 6.33. The first kappa shape index (κ1) is 20.8. The van der Waals surface area contributed by atoms with Crippen LogP contribution in [0.3, 0.4) is 0 Å². The SMILES string of the molecule is CCCCC(COC)NC(=O)c1cc(Cl)c(N)cc1OC.Cl. The van der Waals surface area contributed by atoms with Gasteiger partial charge >= 0.3 is 0 Å². The molecule has 126 valence electrons. The molecule has 0 aliphatic carbocycles. The molecule has 0 aromatic heterocycles. The van der Waals surface area contributed by atoms with Crippen molar-refractivity contribution in [3.8, 4) is 5.75 Å². The highest BCUT2D eigenvalue weighted by Gasteiger charge is 2.18. The number of nitrogen functional groups attached to an aromatic ring is 1. The fraction of sp³-hybridized carbons (Fsp3) is 0.533. The lowest BCUT2D eigenvalue weighted by atomic mass is 10.1. The van der Waals surface area contributed by atoms with Crippen LogP contribution in [0.25, 0.3) is 0 Å². The summed E-state index contributed by atoms with van der Waals surface area (Å²) in [5.41, 5.74) is 6.47. The molecule has 0 saturated carbocycles. The minimum Gasteiger partial charge on any atom is -0.496 e. The molecule has 0 fully saturated rings. The molecule has 1 unspecified atom stereocenters. The van der Waals surface area contributed by atoms with Crippen molar-refractivity contribution < 1.29 is 14.3 Å².